The Morgan fingerprint density at radius 1 is 0.933 bits per heavy atom. The molecule has 3 rings (SSSR count). The number of allylic oxidation sites excluding steroid dienone is 1. The van der Waals surface area contributed by atoms with Crippen molar-refractivity contribution in [1.82, 2.24) is 0 Å². The highest BCUT2D eigenvalue weighted by molar-refractivity contribution is 6.07. The van der Waals surface area contributed by atoms with Crippen LogP contribution in [0, 0.1) is 6.92 Å². The number of rotatable bonds is 8. The van der Waals surface area contributed by atoms with Crippen molar-refractivity contribution in [2.75, 3.05) is 14.2 Å². The minimum Gasteiger partial charge on any atom is -0.504 e. The zero-order valence-electron chi connectivity index (χ0n) is 17.2. The highest BCUT2D eigenvalue weighted by Gasteiger charge is 2.09. The van der Waals surface area contributed by atoms with Crippen LogP contribution in [0.15, 0.2) is 66.7 Å². The number of aromatic hydroxyl groups is 1. The summed E-state index contributed by atoms with van der Waals surface area (Å²) < 4.78 is 16.4. The van der Waals surface area contributed by atoms with Crippen LogP contribution in [0.2, 0.25) is 0 Å². The maximum absolute atomic E-state index is 12.5. The molecule has 5 heteroatoms. The molecule has 0 spiro atoms. The van der Waals surface area contributed by atoms with Gasteiger partial charge in [-0.15, -0.1) is 0 Å². The van der Waals surface area contributed by atoms with Crippen LogP contribution in [0.4, 0.5) is 0 Å². The number of carbonyl (C=O) groups is 1. The lowest BCUT2D eigenvalue weighted by atomic mass is 10.1. The number of aryl methyl sites for hydroxylation is 1. The summed E-state index contributed by atoms with van der Waals surface area (Å²) in [6, 6.07) is 18.0. The highest BCUT2D eigenvalue weighted by atomic mass is 16.5. The molecule has 0 aliphatic carbocycles. The van der Waals surface area contributed by atoms with Gasteiger partial charge in [-0.1, -0.05) is 30.3 Å². The van der Waals surface area contributed by atoms with Crippen LogP contribution >= 0.6 is 0 Å². The Bertz CT molecular complexity index is 1070. The number of carbonyl (C=O) groups excluding carboxylic acids is 1. The number of ether oxygens (including phenoxy) is 3. The zero-order chi connectivity index (χ0) is 21.5. The summed E-state index contributed by atoms with van der Waals surface area (Å²) in [6.45, 7) is 2.34. The van der Waals surface area contributed by atoms with Gasteiger partial charge in [-0.25, -0.2) is 0 Å². The zero-order valence-corrected chi connectivity index (χ0v) is 17.2. The lowest BCUT2D eigenvalue weighted by molar-refractivity contribution is 0.104. The molecule has 0 saturated heterocycles. The van der Waals surface area contributed by atoms with E-state index in [0.29, 0.717) is 12.2 Å². The molecular formula is C25H24O5. The fraction of sp³-hybridized carbons (Fsp3) is 0.160. The SMILES string of the molecule is COc1cc(C(=O)/C=C/c2ccc(OC)c(COc3ccccc3C)c2)ccc1O. The fourth-order valence-electron chi connectivity index (χ4n) is 2.99. The molecule has 0 saturated carbocycles. The van der Waals surface area contributed by atoms with E-state index >= 15 is 0 Å². The van der Waals surface area contributed by atoms with Crippen molar-refractivity contribution in [2.45, 2.75) is 13.5 Å². The molecule has 3 aromatic rings. The highest BCUT2D eigenvalue weighted by Crippen LogP contribution is 2.27. The van der Waals surface area contributed by atoms with E-state index in [4.69, 9.17) is 14.2 Å². The second-order valence-corrected chi connectivity index (χ2v) is 6.71. The predicted molar refractivity (Wildman–Crippen MR) is 117 cm³/mol. The van der Waals surface area contributed by atoms with Crippen LogP contribution in [-0.4, -0.2) is 25.1 Å². The van der Waals surface area contributed by atoms with Gasteiger partial charge in [0.2, 0.25) is 0 Å². The molecular weight excluding hydrogens is 380 g/mol. The topological polar surface area (TPSA) is 65.0 Å². The molecule has 0 heterocycles. The Morgan fingerprint density at radius 3 is 2.43 bits per heavy atom. The number of phenols is 1. The first kappa shape index (κ1) is 21.0. The second-order valence-electron chi connectivity index (χ2n) is 6.71. The molecule has 0 unspecified atom stereocenters. The summed E-state index contributed by atoms with van der Waals surface area (Å²) in [6.07, 6.45) is 3.22. The summed E-state index contributed by atoms with van der Waals surface area (Å²) >= 11 is 0. The van der Waals surface area contributed by atoms with Crippen LogP contribution in [0.1, 0.15) is 27.0 Å². The van der Waals surface area contributed by atoms with Crippen LogP contribution in [-0.2, 0) is 6.61 Å². The van der Waals surface area contributed by atoms with E-state index < -0.39 is 0 Å². The van der Waals surface area contributed by atoms with Gasteiger partial charge >= 0.3 is 0 Å². The molecule has 3 aromatic carbocycles. The van der Waals surface area contributed by atoms with Crippen molar-refractivity contribution in [2.24, 2.45) is 0 Å². The molecule has 0 atom stereocenters. The monoisotopic (exact) mass is 404 g/mol. The van der Waals surface area contributed by atoms with Gasteiger partial charge in [0.25, 0.3) is 0 Å². The first-order valence-corrected chi connectivity index (χ1v) is 9.46. The molecule has 0 amide bonds. The van der Waals surface area contributed by atoms with Gasteiger partial charge in [-0.3, -0.25) is 4.79 Å². The lowest BCUT2D eigenvalue weighted by Crippen LogP contribution is -2.00. The number of benzene rings is 3. The van der Waals surface area contributed by atoms with E-state index in [0.717, 1.165) is 28.2 Å². The number of ketones is 1. The van der Waals surface area contributed by atoms with Crippen molar-refractivity contribution in [3.05, 3.63) is 89.0 Å². The number of methoxy groups -OCH3 is 2. The van der Waals surface area contributed by atoms with Gasteiger partial charge in [0.1, 0.15) is 18.1 Å². The largest absolute Gasteiger partial charge is 0.504 e. The second kappa shape index (κ2) is 9.65. The first-order valence-electron chi connectivity index (χ1n) is 9.46. The van der Waals surface area contributed by atoms with Gasteiger partial charge < -0.3 is 19.3 Å². The number of para-hydroxylation sites is 1. The standard InChI is InChI=1S/C25H24O5/c1-17-6-4-5-7-23(17)30-16-20-14-18(9-13-24(20)28-2)8-11-21(26)19-10-12-22(27)25(15-19)29-3/h4-15,27H,16H2,1-3H3/b11-8+. The van der Waals surface area contributed by atoms with E-state index in [1.54, 1.807) is 19.3 Å². The van der Waals surface area contributed by atoms with Crippen molar-refractivity contribution < 1.29 is 24.1 Å². The maximum Gasteiger partial charge on any atom is 0.185 e. The third kappa shape index (κ3) is 5.00. The van der Waals surface area contributed by atoms with Gasteiger partial charge in [-0.05, 0) is 60.5 Å². The van der Waals surface area contributed by atoms with Crippen LogP contribution in [0.25, 0.3) is 6.08 Å². The van der Waals surface area contributed by atoms with E-state index in [2.05, 4.69) is 0 Å². The summed E-state index contributed by atoms with van der Waals surface area (Å²) in [7, 11) is 3.06. The van der Waals surface area contributed by atoms with Crippen LogP contribution in [0.3, 0.4) is 0 Å². The molecule has 0 aliphatic rings. The number of phenolic OH excluding ortho intramolecular Hbond substituents is 1. The van der Waals surface area contributed by atoms with Gasteiger partial charge in [0.15, 0.2) is 17.3 Å². The van der Waals surface area contributed by atoms with Crippen molar-refractivity contribution in [3.8, 4) is 23.0 Å². The molecule has 5 nitrogen and oxygen atoms in total. The minimum atomic E-state index is -0.193. The van der Waals surface area contributed by atoms with Crippen LogP contribution < -0.4 is 14.2 Å². The van der Waals surface area contributed by atoms with Gasteiger partial charge in [0, 0.05) is 11.1 Å². The third-order valence-corrected chi connectivity index (χ3v) is 4.67. The molecule has 0 aliphatic heterocycles. The van der Waals surface area contributed by atoms with Gasteiger partial charge in [-0.2, -0.15) is 0 Å². The number of hydrogen-bond donors (Lipinski definition) is 1. The number of hydrogen-bond acceptors (Lipinski definition) is 5. The molecule has 1 N–H and O–H groups in total. The van der Waals surface area contributed by atoms with E-state index in [1.165, 1.54) is 25.3 Å². The van der Waals surface area contributed by atoms with E-state index in [-0.39, 0.29) is 17.3 Å². The summed E-state index contributed by atoms with van der Waals surface area (Å²) in [5.74, 6) is 1.59. The maximum atomic E-state index is 12.5. The predicted octanol–water partition coefficient (Wildman–Crippen LogP) is 5.19. The first-order chi connectivity index (χ1) is 14.5. The Kier molecular flexibility index (Phi) is 6.75. The molecule has 0 bridgehead atoms. The third-order valence-electron chi connectivity index (χ3n) is 4.67. The van der Waals surface area contributed by atoms with Crippen LogP contribution in [0.5, 0.6) is 23.0 Å². The molecule has 0 aromatic heterocycles. The summed E-state index contributed by atoms with van der Waals surface area (Å²) in [4.78, 5) is 12.5. The van der Waals surface area contributed by atoms with Crippen molar-refractivity contribution in [3.63, 3.8) is 0 Å². The summed E-state index contributed by atoms with van der Waals surface area (Å²) in [5, 5.41) is 9.68. The van der Waals surface area contributed by atoms with Crippen molar-refractivity contribution >= 4 is 11.9 Å². The van der Waals surface area contributed by atoms with Gasteiger partial charge in [0.05, 0.1) is 14.2 Å². The average Bonchev–Trinajstić information content (AvgIpc) is 2.77. The quantitative estimate of drug-likeness (QED) is 0.413. The Balaban J connectivity index is 1.77. The smallest absolute Gasteiger partial charge is 0.185 e. The summed E-state index contributed by atoms with van der Waals surface area (Å²) in [5.41, 5.74) is 3.21. The molecule has 30 heavy (non-hydrogen) atoms. The lowest BCUT2D eigenvalue weighted by Gasteiger charge is -2.12. The Labute approximate surface area is 176 Å². The minimum absolute atomic E-state index is 0.00789. The Morgan fingerprint density at radius 2 is 1.70 bits per heavy atom. The fourth-order valence-corrected chi connectivity index (χ4v) is 2.99. The average molecular weight is 404 g/mol. The normalized spacial score (nSPS) is 10.8. The Hall–Kier alpha value is -3.73. The molecule has 0 fully saturated rings. The van der Waals surface area contributed by atoms with E-state index in [1.807, 2.05) is 49.4 Å². The molecule has 154 valence electrons. The van der Waals surface area contributed by atoms with E-state index in [9.17, 15) is 9.90 Å². The van der Waals surface area contributed by atoms with Crippen molar-refractivity contribution in [1.29, 1.82) is 0 Å². The molecule has 0 radical (unpaired) electrons.